The summed E-state index contributed by atoms with van der Waals surface area (Å²) >= 11 is 0. The number of piperidine rings is 1. The lowest BCUT2D eigenvalue weighted by molar-refractivity contribution is -0.146. The van der Waals surface area contributed by atoms with Crippen LogP contribution in [0.15, 0.2) is 18.2 Å². The van der Waals surface area contributed by atoms with E-state index in [1.165, 1.54) is 14.2 Å². The summed E-state index contributed by atoms with van der Waals surface area (Å²) in [5.74, 6) is -0.157. The number of hydrogen-bond donors (Lipinski definition) is 1. The van der Waals surface area contributed by atoms with Gasteiger partial charge in [-0.05, 0) is 31.0 Å². The predicted octanol–water partition coefficient (Wildman–Crippen LogP) is 1.30. The van der Waals surface area contributed by atoms with Gasteiger partial charge in [-0.15, -0.1) is 0 Å². The lowest BCUT2D eigenvalue weighted by Crippen LogP contribution is -2.42. The van der Waals surface area contributed by atoms with Gasteiger partial charge in [-0.3, -0.25) is 9.59 Å². The van der Waals surface area contributed by atoms with Crippen molar-refractivity contribution in [1.29, 1.82) is 0 Å². The van der Waals surface area contributed by atoms with Crippen LogP contribution < -0.4 is 10.5 Å². The van der Waals surface area contributed by atoms with Gasteiger partial charge in [0.05, 0.1) is 25.8 Å². The van der Waals surface area contributed by atoms with Crippen LogP contribution in [-0.2, 0) is 9.53 Å². The molecule has 0 spiro atoms. The van der Waals surface area contributed by atoms with Crippen LogP contribution in [0.4, 0.5) is 5.69 Å². The van der Waals surface area contributed by atoms with Crippen LogP contribution in [0.3, 0.4) is 0 Å². The summed E-state index contributed by atoms with van der Waals surface area (Å²) in [6.45, 7) is 1.03. The number of rotatable bonds is 3. The quantitative estimate of drug-likeness (QED) is 0.671. The van der Waals surface area contributed by atoms with Gasteiger partial charge in [0.25, 0.3) is 5.91 Å². The number of ether oxygens (including phenoxy) is 2. The Kier molecular flexibility index (Phi) is 4.67. The van der Waals surface area contributed by atoms with Gasteiger partial charge >= 0.3 is 5.97 Å². The molecule has 1 fully saturated rings. The number of methoxy groups -OCH3 is 2. The SMILES string of the molecule is COC(=O)C1CCCN(C(=O)c2ccc(N)c(OC)c2)C1. The van der Waals surface area contributed by atoms with Crippen LogP contribution in [0.1, 0.15) is 23.2 Å². The molecule has 1 heterocycles. The van der Waals surface area contributed by atoms with E-state index in [0.717, 1.165) is 12.8 Å². The fourth-order valence-electron chi connectivity index (χ4n) is 2.55. The fourth-order valence-corrected chi connectivity index (χ4v) is 2.55. The highest BCUT2D eigenvalue weighted by molar-refractivity contribution is 5.95. The Morgan fingerprint density at radius 3 is 2.76 bits per heavy atom. The van der Waals surface area contributed by atoms with Gasteiger partial charge in [-0.25, -0.2) is 0 Å². The van der Waals surface area contributed by atoms with Crippen molar-refractivity contribution in [2.45, 2.75) is 12.8 Å². The molecule has 0 aliphatic carbocycles. The van der Waals surface area contributed by atoms with Crippen molar-refractivity contribution in [3.8, 4) is 5.75 Å². The number of carbonyl (C=O) groups is 2. The zero-order valence-corrected chi connectivity index (χ0v) is 12.3. The first-order chi connectivity index (χ1) is 10.1. The van der Waals surface area contributed by atoms with Gasteiger partial charge in [0, 0.05) is 18.7 Å². The number of nitrogens with zero attached hydrogens (tertiary/aromatic N) is 1. The first-order valence-corrected chi connectivity index (χ1v) is 6.87. The van der Waals surface area contributed by atoms with Crippen molar-refractivity contribution < 1.29 is 19.1 Å². The van der Waals surface area contributed by atoms with E-state index in [2.05, 4.69) is 0 Å². The minimum atomic E-state index is -0.262. The second-order valence-corrected chi connectivity index (χ2v) is 5.07. The molecule has 0 saturated carbocycles. The van der Waals surface area contributed by atoms with Crippen molar-refractivity contribution in [2.24, 2.45) is 5.92 Å². The summed E-state index contributed by atoms with van der Waals surface area (Å²) in [5, 5.41) is 0. The molecule has 2 N–H and O–H groups in total. The molecule has 1 aliphatic heterocycles. The molecule has 1 amide bonds. The summed E-state index contributed by atoms with van der Waals surface area (Å²) in [6.07, 6.45) is 1.54. The van der Waals surface area contributed by atoms with E-state index in [4.69, 9.17) is 15.2 Å². The summed E-state index contributed by atoms with van der Waals surface area (Å²) in [4.78, 5) is 25.8. The van der Waals surface area contributed by atoms with Gasteiger partial charge in [0.1, 0.15) is 5.75 Å². The van der Waals surface area contributed by atoms with E-state index >= 15 is 0 Å². The van der Waals surface area contributed by atoms with Gasteiger partial charge in [0.2, 0.25) is 0 Å². The van der Waals surface area contributed by atoms with Crippen molar-refractivity contribution in [2.75, 3.05) is 33.0 Å². The van der Waals surface area contributed by atoms with E-state index in [9.17, 15) is 9.59 Å². The van der Waals surface area contributed by atoms with Crippen molar-refractivity contribution in [3.63, 3.8) is 0 Å². The number of benzene rings is 1. The molecule has 6 nitrogen and oxygen atoms in total. The van der Waals surface area contributed by atoms with Gasteiger partial charge in [0.15, 0.2) is 0 Å². The molecule has 2 rings (SSSR count). The minimum absolute atomic E-state index is 0.123. The third-order valence-corrected chi connectivity index (χ3v) is 3.72. The Morgan fingerprint density at radius 1 is 1.33 bits per heavy atom. The molecule has 1 atom stereocenters. The largest absolute Gasteiger partial charge is 0.495 e. The van der Waals surface area contributed by atoms with Crippen LogP contribution >= 0.6 is 0 Å². The molecule has 1 aromatic carbocycles. The number of esters is 1. The Morgan fingerprint density at radius 2 is 2.10 bits per heavy atom. The third-order valence-electron chi connectivity index (χ3n) is 3.72. The van der Waals surface area contributed by atoms with Gasteiger partial charge in [-0.2, -0.15) is 0 Å². The fraction of sp³-hybridized carbons (Fsp3) is 0.467. The molecule has 0 bridgehead atoms. The van der Waals surface area contributed by atoms with Crippen LogP contribution in [0.5, 0.6) is 5.75 Å². The zero-order valence-electron chi connectivity index (χ0n) is 12.3. The maximum absolute atomic E-state index is 12.5. The molecule has 114 valence electrons. The predicted molar refractivity (Wildman–Crippen MR) is 78.0 cm³/mol. The van der Waals surface area contributed by atoms with Crippen molar-refractivity contribution >= 4 is 17.6 Å². The highest BCUT2D eigenvalue weighted by atomic mass is 16.5. The Balaban J connectivity index is 2.14. The molecule has 1 saturated heterocycles. The summed E-state index contributed by atoms with van der Waals surface area (Å²) in [7, 11) is 2.88. The second kappa shape index (κ2) is 6.47. The van der Waals surface area contributed by atoms with Gasteiger partial charge in [-0.1, -0.05) is 0 Å². The standard InChI is InChI=1S/C15H20N2O4/c1-20-13-8-10(5-6-12(13)16)14(18)17-7-3-4-11(9-17)15(19)21-2/h5-6,8,11H,3-4,7,9,16H2,1-2H3. The summed E-state index contributed by atoms with van der Waals surface area (Å²) in [6, 6.07) is 4.94. The van der Waals surface area contributed by atoms with E-state index in [1.54, 1.807) is 23.1 Å². The van der Waals surface area contributed by atoms with Crippen LogP contribution in [0.2, 0.25) is 0 Å². The molecule has 0 radical (unpaired) electrons. The van der Waals surface area contributed by atoms with Gasteiger partial charge < -0.3 is 20.1 Å². The molecular formula is C15H20N2O4. The molecule has 21 heavy (non-hydrogen) atoms. The Bertz CT molecular complexity index is 544. The number of likely N-dealkylation sites (tertiary alicyclic amines) is 1. The lowest BCUT2D eigenvalue weighted by atomic mass is 9.97. The maximum atomic E-state index is 12.5. The molecular weight excluding hydrogens is 272 g/mol. The average molecular weight is 292 g/mol. The minimum Gasteiger partial charge on any atom is -0.495 e. The average Bonchev–Trinajstić information content (AvgIpc) is 2.54. The second-order valence-electron chi connectivity index (χ2n) is 5.07. The molecule has 0 aromatic heterocycles. The van der Waals surface area contributed by atoms with Crippen LogP contribution in [-0.4, -0.2) is 44.1 Å². The number of nitrogen functional groups attached to an aromatic ring is 1. The Hall–Kier alpha value is -2.24. The van der Waals surface area contributed by atoms with Crippen molar-refractivity contribution in [3.05, 3.63) is 23.8 Å². The van der Waals surface area contributed by atoms with E-state index < -0.39 is 0 Å². The molecule has 1 unspecified atom stereocenters. The highest BCUT2D eigenvalue weighted by Gasteiger charge is 2.29. The van der Waals surface area contributed by atoms with E-state index in [0.29, 0.717) is 30.1 Å². The van der Waals surface area contributed by atoms with E-state index in [-0.39, 0.29) is 17.8 Å². The smallest absolute Gasteiger partial charge is 0.310 e. The first kappa shape index (κ1) is 15.2. The topological polar surface area (TPSA) is 81.9 Å². The number of carbonyl (C=O) groups excluding carboxylic acids is 2. The third kappa shape index (κ3) is 3.26. The number of nitrogens with two attached hydrogens (primary N) is 1. The monoisotopic (exact) mass is 292 g/mol. The molecule has 1 aromatic rings. The Labute approximate surface area is 123 Å². The number of amides is 1. The lowest BCUT2D eigenvalue weighted by Gasteiger charge is -2.31. The summed E-state index contributed by atoms with van der Waals surface area (Å²) in [5.41, 5.74) is 6.74. The first-order valence-electron chi connectivity index (χ1n) is 6.87. The van der Waals surface area contributed by atoms with Crippen LogP contribution in [0, 0.1) is 5.92 Å². The van der Waals surface area contributed by atoms with E-state index in [1.807, 2.05) is 0 Å². The maximum Gasteiger partial charge on any atom is 0.310 e. The normalized spacial score (nSPS) is 18.2. The molecule has 6 heteroatoms. The highest BCUT2D eigenvalue weighted by Crippen LogP contribution is 2.25. The summed E-state index contributed by atoms with van der Waals surface area (Å²) < 4.78 is 9.89. The number of anilines is 1. The van der Waals surface area contributed by atoms with Crippen molar-refractivity contribution in [1.82, 2.24) is 4.90 Å². The zero-order chi connectivity index (χ0) is 15.4. The number of hydrogen-bond acceptors (Lipinski definition) is 5. The molecule has 1 aliphatic rings. The van der Waals surface area contributed by atoms with Crippen LogP contribution in [0.25, 0.3) is 0 Å².